The minimum absolute atomic E-state index is 0.753. The molecule has 0 amide bonds. The van der Waals surface area contributed by atoms with E-state index in [9.17, 15) is 0 Å². The van der Waals surface area contributed by atoms with E-state index in [0.717, 1.165) is 29.4 Å². The second-order valence-electron chi connectivity index (χ2n) is 8.19. The van der Waals surface area contributed by atoms with Gasteiger partial charge in [-0.3, -0.25) is 0 Å². The second-order valence-corrected chi connectivity index (χ2v) is 8.19. The topological polar surface area (TPSA) is 0 Å². The average molecular weight is 371 g/mol. The van der Waals surface area contributed by atoms with Gasteiger partial charge < -0.3 is 0 Å². The molecule has 1 aliphatic carbocycles. The van der Waals surface area contributed by atoms with Gasteiger partial charge in [-0.15, -0.1) is 0 Å². The molecule has 2 aromatic rings. The summed E-state index contributed by atoms with van der Waals surface area (Å²) >= 11 is 0. The third kappa shape index (κ3) is 6.13. The van der Waals surface area contributed by atoms with Crippen molar-refractivity contribution >= 4 is 6.08 Å². The molecule has 0 atom stereocenters. The molecule has 1 saturated carbocycles. The molecular formula is C28H34. The molecule has 0 radical (unpaired) electrons. The lowest BCUT2D eigenvalue weighted by Crippen LogP contribution is -2.13. The van der Waals surface area contributed by atoms with Crippen LogP contribution in [0, 0.1) is 17.8 Å². The molecule has 28 heavy (non-hydrogen) atoms. The van der Waals surface area contributed by atoms with Crippen molar-refractivity contribution in [3.63, 3.8) is 0 Å². The van der Waals surface area contributed by atoms with E-state index in [1.54, 1.807) is 0 Å². The number of unbranched alkanes of at least 4 members (excludes halogenated alkanes) is 1. The van der Waals surface area contributed by atoms with Crippen LogP contribution in [-0.2, 0) is 0 Å². The highest BCUT2D eigenvalue weighted by Crippen LogP contribution is 2.37. The summed E-state index contributed by atoms with van der Waals surface area (Å²) in [4.78, 5) is 0. The van der Waals surface area contributed by atoms with E-state index in [-0.39, 0.29) is 0 Å². The third-order valence-electron chi connectivity index (χ3n) is 5.95. The molecule has 0 aromatic heterocycles. The Labute approximate surface area is 172 Å². The predicted molar refractivity (Wildman–Crippen MR) is 122 cm³/mol. The Morgan fingerprint density at radius 2 is 1.39 bits per heavy atom. The summed E-state index contributed by atoms with van der Waals surface area (Å²) in [7, 11) is 0. The SMILES string of the molecule is CCC/C=C/c1ccc(C#Cc2ccc(C3CCC(CCC)CC3)cc2)cc1. The smallest absolute Gasteiger partial charge is 0.0249 e. The van der Waals surface area contributed by atoms with Crippen LogP contribution in [0.2, 0.25) is 0 Å². The fourth-order valence-electron chi connectivity index (χ4n) is 4.24. The summed E-state index contributed by atoms with van der Waals surface area (Å²) in [6, 6.07) is 17.5. The predicted octanol–water partition coefficient (Wildman–Crippen LogP) is 7.97. The van der Waals surface area contributed by atoms with Crippen molar-refractivity contribution in [2.75, 3.05) is 0 Å². The van der Waals surface area contributed by atoms with E-state index in [0.29, 0.717) is 0 Å². The molecule has 2 aromatic carbocycles. The summed E-state index contributed by atoms with van der Waals surface area (Å²) in [5, 5.41) is 0. The van der Waals surface area contributed by atoms with Crippen LogP contribution in [0.4, 0.5) is 0 Å². The van der Waals surface area contributed by atoms with E-state index in [2.05, 4.69) is 86.4 Å². The Morgan fingerprint density at radius 1 is 0.786 bits per heavy atom. The molecule has 0 heteroatoms. The monoisotopic (exact) mass is 370 g/mol. The van der Waals surface area contributed by atoms with E-state index < -0.39 is 0 Å². The van der Waals surface area contributed by atoms with Gasteiger partial charge in [0.2, 0.25) is 0 Å². The van der Waals surface area contributed by atoms with Gasteiger partial charge in [0.05, 0.1) is 0 Å². The van der Waals surface area contributed by atoms with Gasteiger partial charge in [-0.05, 0) is 79.3 Å². The van der Waals surface area contributed by atoms with Crippen LogP contribution in [-0.4, -0.2) is 0 Å². The first-order valence-electron chi connectivity index (χ1n) is 11.2. The fraction of sp³-hybridized carbons (Fsp3) is 0.429. The van der Waals surface area contributed by atoms with Gasteiger partial charge in [0.25, 0.3) is 0 Å². The van der Waals surface area contributed by atoms with Gasteiger partial charge in [-0.25, -0.2) is 0 Å². The Hall–Kier alpha value is -2.26. The van der Waals surface area contributed by atoms with E-state index >= 15 is 0 Å². The van der Waals surface area contributed by atoms with Gasteiger partial charge in [-0.2, -0.15) is 0 Å². The van der Waals surface area contributed by atoms with Gasteiger partial charge in [0, 0.05) is 11.1 Å². The number of allylic oxidation sites excluding steroid dienone is 1. The van der Waals surface area contributed by atoms with Gasteiger partial charge in [0.15, 0.2) is 0 Å². The van der Waals surface area contributed by atoms with Crippen LogP contribution in [0.5, 0.6) is 0 Å². The molecule has 0 bridgehead atoms. The Balaban J connectivity index is 1.56. The lowest BCUT2D eigenvalue weighted by atomic mass is 9.77. The summed E-state index contributed by atoms with van der Waals surface area (Å²) in [5.41, 5.74) is 4.93. The molecule has 1 fully saturated rings. The number of rotatable bonds is 6. The molecule has 0 aliphatic heterocycles. The highest BCUT2D eigenvalue weighted by molar-refractivity contribution is 5.52. The van der Waals surface area contributed by atoms with Gasteiger partial charge in [-0.1, -0.05) is 81.4 Å². The molecule has 0 unspecified atom stereocenters. The zero-order valence-corrected chi connectivity index (χ0v) is 17.6. The quantitative estimate of drug-likeness (QED) is 0.452. The lowest BCUT2D eigenvalue weighted by Gasteiger charge is -2.28. The maximum atomic E-state index is 3.32. The standard InChI is InChI=1S/C28H34/c1-3-5-6-8-24-9-11-25(12-10-24)13-14-26-17-21-28(22-18-26)27-19-15-23(7-4-2)16-20-27/h6,8-12,17-18,21-23,27H,3-5,7,15-16,19-20H2,1-2H3/b8-6+. The van der Waals surface area contributed by atoms with Crippen LogP contribution >= 0.6 is 0 Å². The highest BCUT2D eigenvalue weighted by Gasteiger charge is 2.21. The maximum absolute atomic E-state index is 3.32. The Bertz CT molecular complexity index is 788. The zero-order valence-electron chi connectivity index (χ0n) is 17.6. The molecule has 0 saturated heterocycles. The molecule has 0 nitrogen and oxygen atoms in total. The van der Waals surface area contributed by atoms with Crippen molar-refractivity contribution in [2.24, 2.45) is 5.92 Å². The molecule has 3 rings (SSSR count). The van der Waals surface area contributed by atoms with Crippen LogP contribution in [0.1, 0.15) is 93.4 Å². The van der Waals surface area contributed by atoms with Crippen molar-refractivity contribution in [1.82, 2.24) is 0 Å². The Kier molecular flexibility index (Phi) is 7.98. The first-order chi connectivity index (χ1) is 13.8. The van der Waals surface area contributed by atoms with Crippen molar-refractivity contribution in [1.29, 1.82) is 0 Å². The van der Waals surface area contributed by atoms with Crippen LogP contribution in [0.15, 0.2) is 54.6 Å². The van der Waals surface area contributed by atoms with E-state index in [4.69, 9.17) is 0 Å². The highest BCUT2D eigenvalue weighted by atomic mass is 14.3. The van der Waals surface area contributed by atoms with Crippen LogP contribution in [0.25, 0.3) is 6.08 Å². The molecule has 146 valence electrons. The van der Waals surface area contributed by atoms with E-state index in [1.807, 2.05) is 0 Å². The van der Waals surface area contributed by atoms with Crippen molar-refractivity contribution in [3.05, 3.63) is 76.9 Å². The van der Waals surface area contributed by atoms with Gasteiger partial charge >= 0.3 is 0 Å². The van der Waals surface area contributed by atoms with E-state index in [1.165, 1.54) is 56.1 Å². The normalized spacial score (nSPS) is 19.4. The van der Waals surface area contributed by atoms with Crippen molar-refractivity contribution in [2.45, 2.75) is 71.1 Å². The summed E-state index contributed by atoms with van der Waals surface area (Å²) < 4.78 is 0. The Morgan fingerprint density at radius 3 is 1.96 bits per heavy atom. The fourth-order valence-corrected chi connectivity index (χ4v) is 4.24. The van der Waals surface area contributed by atoms with Crippen LogP contribution < -0.4 is 0 Å². The first-order valence-corrected chi connectivity index (χ1v) is 11.2. The minimum Gasteiger partial charge on any atom is -0.0840 e. The summed E-state index contributed by atoms with van der Waals surface area (Å²) in [5.74, 6) is 8.34. The second kappa shape index (κ2) is 10.9. The lowest BCUT2D eigenvalue weighted by molar-refractivity contribution is 0.308. The number of benzene rings is 2. The van der Waals surface area contributed by atoms with Crippen molar-refractivity contribution in [3.8, 4) is 11.8 Å². The number of hydrogen-bond donors (Lipinski definition) is 0. The molecule has 0 heterocycles. The molecule has 0 spiro atoms. The largest absolute Gasteiger partial charge is 0.0840 e. The average Bonchev–Trinajstić information content (AvgIpc) is 2.75. The summed E-state index contributed by atoms with van der Waals surface area (Å²) in [6.07, 6.45) is 15.0. The zero-order chi connectivity index (χ0) is 19.6. The van der Waals surface area contributed by atoms with Crippen molar-refractivity contribution < 1.29 is 0 Å². The van der Waals surface area contributed by atoms with Crippen LogP contribution in [0.3, 0.4) is 0 Å². The van der Waals surface area contributed by atoms with Gasteiger partial charge in [0.1, 0.15) is 0 Å². The summed E-state index contributed by atoms with van der Waals surface area (Å²) in [6.45, 7) is 4.51. The molecular weight excluding hydrogens is 336 g/mol. The minimum atomic E-state index is 0.753. The molecule has 0 N–H and O–H groups in total. The molecule has 1 aliphatic rings. The number of hydrogen-bond acceptors (Lipinski definition) is 0. The first kappa shape index (κ1) is 20.5. The maximum Gasteiger partial charge on any atom is 0.0249 e. The third-order valence-corrected chi connectivity index (χ3v) is 5.95.